The largest absolute Gasteiger partial charge is 0.352 e. The molecule has 7 heteroatoms. The molecule has 0 atom stereocenters. The summed E-state index contributed by atoms with van der Waals surface area (Å²) in [7, 11) is 0. The summed E-state index contributed by atoms with van der Waals surface area (Å²) in [5.74, 6) is 1.02. The standard InChI is InChI=1S/C18H24N6O/c1-12-17(13(2)20-19-12)18(25)24-9-7-23(8-10-24)16-11-14-5-3-4-6-15(14)21-22-16/h11H,3-10H2,1-2H3,(H,19,20). The highest BCUT2D eigenvalue weighted by molar-refractivity contribution is 5.96. The van der Waals surface area contributed by atoms with E-state index in [0.29, 0.717) is 18.7 Å². The highest BCUT2D eigenvalue weighted by Crippen LogP contribution is 2.23. The number of carbonyl (C=O) groups excluding carboxylic acids is 1. The van der Waals surface area contributed by atoms with Crippen LogP contribution in [0, 0.1) is 13.8 Å². The molecule has 132 valence electrons. The summed E-state index contributed by atoms with van der Waals surface area (Å²) in [6, 6.07) is 2.20. The molecule has 1 N–H and O–H groups in total. The minimum absolute atomic E-state index is 0.0694. The second kappa shape index (κ2) is 6.46. The molecule has 0 spiro atoms. The fourth-order valence-corrected chi connectivity index (χ4v) is 3.80. The molecular formula is C18H24N6O. The van der Waals surface area contributed by atoms with Crippen molar-refractivity contribution in [2.24, 2.45) is 0 Å². The summed E-state index contributed by atoms with van der Waals surface area (Å²) >= 11 is 0. The molecule has 0 saturated carbocycles. The van der Waals surface area contributed by atoms with Crippen LogP contribution in [0.4, 0.5) is 5.82 Å². The van der Waals surface area contributed by atoms with Gasteiger partial charge >= 0.3 is 0 Å². The van der Waals surface area contributed by atoms with E-state index in [9.17, 15) is 4.79 Å². The molecule has 1 aliphatic carbocycles. The predicted octanol–water partition coefficient (Wildman–Crippen LogP) is 1.66. The number of piperazine rings is 1. The molecule has 1 aliphatic heterocycles. The van der Waals surface area contributed by atoms with E-state index in [4.69, 9.17) is 0 Å². The Hall–Kier alpha value is -2.44. The van der Waals surface area contributed by atoms with Crippen molar-refractivity contribution in [3.8, 4) is 0 Å². The van der Waals surface area contributed by atoms with Gasteiger partial charge in [-0.05, 0) is 51.2 Å². The summed E-state index contributed by atoms with van der Waals surface area (Å²) in [4.78, 5) is 16.9. The fraction of sp³-hybridized carbons (Fsp3) is 0.556. The van der Waals surface area contributed by atoms with E-state index in [2.05, 4.69) is 31.4 Å². The third kappa shape index (κ3) is 2.99. The molecular weight excluding hydrogens is 316 g/mol. The van der Waals surface area contributed by atoms with Crippen LogP contribution in [0.3, 0.4) is 0 Å². The first-order chi connectivity index (χ1) is 12.1. The number of H-pyrrole nitrogens is 1. The lowest BCUT2D eigenvalue weighted by Crippen LogP contribution is -2.49. The van der Waals surface area contributed by atoms with Gasteiger partial charge in [0.2, 0.25) is 0 Å². The SMILES string of the molecule is Cc1n[nH]c(C)c1C(=O)N1CCN(c2cc3c(nn2)CCCC3)CC1. The molecule has 25 heavy (non-hydrogen) atoms. The normalized spacial score (nSPS) is 17.5. The quantitative estimate of drug-likeness (QED) is 0.899. The van der Waals surface area contributed by atoms with Gasteiger partial charge in [-0.2, -0.15) is 10.2 Å². The zero-order valence-corrected chi connectivity index (χ0v) is 14.9. The van der Waals surface area contributed by atoms with Crippen molar-refractivity contribution in [2.45, 2.75) is 39.5 Å². The number of carbonyl (C=O) groups is 1. The second-order valence-electron chi connectivity index (χ2n) is 6.97. The third-order valence-electron chi connectivity index (χ3n) is 5.29. The number of nitrogens with zero attached hydrogens (tertiary/aromatic N) is 5. The van der Waals surface area contributed by atoms with E-state index < -0.39 is 0 Å². The van der Waals surface area contributed by atoms with Crippen LogP contribution in [0.5, 0.6) is 0 Å². The van der Waals surface area contributed by atoms with Gasteiger partial charge in [0.25, 0.3) is 5.91 Å². The maximum absolute atomic E-state index is 12.8. The average molecular weight is 340 g/mol. The molecule has 4 rings (SSSR count). The van der Waals surface area contributed by atoms with Gasteiger partial charge in [-0.15, -0.1) is 5.10 Å². The number of amides is 1. The molecule has 2 aromatic heterocycles. The van der Waals surface area contributed by atoms with Gasteiger partial charge in [-0.1, -0.05) is 0 Å². The van der Waals surface area contributed by atoms with Crippen molar-refractivity contribution in [3.05, 3.63) is 34.3 Å². The van der Waals surface area contributed by atoms with Gasteiger partial charge in [0.1, 0.15) is 0 Å². The molecule has 0 radical (unpaired) electrons. The number of anilines is 1. The van der Waals surface area contributed by atoms with Crippen LogP contribution in [0.1, 0.15) is 45.8 Å². The topological polar surface area (TPSA) is 78.0 Å². The summed E-state index contributed by atoms with van der Waals surface area (Å²) < 4.78 is 0. The minimum atomic E-state index is 0.0694. The molecule has 1 fully saturated rings. The number of fused-ring (bicyclic) bond motifs is 1. The van der Waals surface area contributed by atoms with Crippen molar-refractivity contribution in [3.63, 3.8) is 0 Å². The van der Waals surface area contributed by atoms with Crippen molar-refractivity contribution in [2.75, 3.05) is 31.1 Å². The van der Waals surface area contributed by atoms with E-state index in [1.165, 1.54) is 18.4 Å². The lowest BCUT2D eigenvalue weighted by atomic mass is 9.97. The molecule has 1 saturated heterocycles. The second-order valence-corrected chi connectivity index (χ2v) is 6.97. The van der Waals surface area contributed by atoms with Crippen LogP contribution in [0.2, 0.25) is 0 Å². The maximum atomic E-state index is 12.8. The zero-order chi connectivity index (χ0) is 17.4. The van der Waals surface area contributed by atoms with Crippen LogP contribution in [0.15, 0.2) is 6.07 Å². The van der Waals surface area contributed by atoms with E-state index in [1.807, 2.05) is 18.7 Å². The van der Waals surface area contributed by atoms with Gasteiger partial charge in [0, 0.05) is 31.9 Å². The molecule has 2 aliphatic rings. The number of hydrogen-bond acceptors (Lipinski definition) is 5. The Bertz CT molecular complexity index is 771. The average Bonchev–Trinajstić information content (AvgIpc) is 2.99. The molecule has 0 unspecified atom stereocenters. The van der Waals surface area contributed by atoms with E-state index in [1.54, 1.807) is 0 Å². The molecule has 7 nitrogen and oxygen atoms in total. The van der Waals surface area contributed by atoms with Gasteiger partial charge < -0.3 is 9.80 Å². The lowest BCUT2D eigenvalue weighted by molar-refractivity contribution is 0.0745. The number of nitrogens with one attached hydrogen (secondary N) is 1. The summed E-state index contributed by atoms with van der Waals surface area (Å²) in [6.07, 6.45) is 4.61. The van der Waals surface area contributed by atoms with Gasteiger partial charge in [0.05, 0.1) is 17.0 Å². The van der Waals surface area contributed by atoms with E-state index >= 15 is 0 Å². The maximum Gasteiger partial charge on any atom is 0.257 e. The molecule has 3 heterocycles. The van der Waals surface area contributed by atoms with Crippen molar-refractivity contribution >= 4 is 11.7 Å². The first kappa shape index (κ1) is 16.1. The Kier molecular flexibility index (Phi) is 4.15. The Morgan fingerprint density at radius 1 is 1.08 bits per heavy atom. The van der Waals surface area contributed by atoms with E-state index in [-0.39, 0.29) is 5.91 Å². The number of aryl methyl sites for hydroxylation is 4. The Morgan fingerprint density at radius 2 is 1.84 bits per heavy atom. The van der Waals surface area contributed by atoms with Crippen LogP contribution >= 0.6 is 0 Å². The fourth-order valence-electron chi connectivity index (χ4n) is 3.80. The molecule has 1 amide bonds. The monoisotopic (exact) mass is 340 g/mol. The minimum Gasteiger partial charge on any atom is -0.352 e. The van der Waals surface area contributed by atoms with Crippen LogP contribution in [0.25, 0.3) is 0 Å². The highest BCUT2D eigenvalue weighted by Gasteiger charge is 2.26. The summed E-state index contributed by atoms with van der Waals surface area (Å²) in [5, 5.41) is 15.9. The van der Waals surface area contributed by atoms with Crippen molar-refractivity contribution in [1.82, 2.24) is 25.3 Å². The van der Waals surface area contributed by atoms with Crippen LogP contribution in [-0.4, -0.2) is 57.4 Å². The van der Waals surface area contributed by atoms with Crippen LogP contribution in [-0.2, 0) is 12.8 Å². The van der Waals surface area contributed by atoms with Gasteiger partial charge in [0.15, 0.2) is 5.82 Å². The number of rotatable bonds is 2. The highest BCUT2D eigenvalue weighted by atomic mass is 16.2. The molecule has 0 bridgehead atoms. The first-order valence-electron chi connectivity index (χ1n) is 9.05. The van der Waals surface area contributed by atoms with Crippen molar-refractivity contribution in [1.29, 1.82) is 0 Å². The summed E-state index contributed by atoms with van der Waals surface area (Å²) in [6.45, 7) is 6.73. The zero-order valence-electron chi connectivity index (χ0n) is 14.9. The smallest absolute Gasteiger partial charge is 0.257 e. The first-order valence-corrected chi connectivity index (χ1v) is 9.05. The van der Waals surface area contributed by atoms with Gasteiger partial charge in [-0.25, -0.2) is 0 Å². The number of aromatic amines is 1. The number of aromatic nitrogens is 4. The Balaban J connectivity index is 1.44. The number of hydrogen-bond donors (Lipinski definition) is 1. The lowest BCUT2D eigenvalue weighted by Gasteiger charge is -2.35. The Labute approximate surface area is 147 Å². The van der Waals surface area contributed by atoms with Crippen LogP contribution < -0.4 is 4.90 Å². The predicted molar refractivity (Wildman–Crippen MR) is 94.9 cm³/mol. The van der Waals surface area contributed by atoms with Gasteiger partial charge in [-0.3, -0.25) is 9.89 Å². The summed E-state index contributed by atoms with van der Waals surface area (Å²) in [5.41, 5.74) is 4.83. The third-order valence-corrected chi connectivity index (χ3v) is 5.29. The van der Waals surface area contributed by atoms with Crippen molar-refractivity contribution < 1.29 is 4.79 Å². The molecule has 2 aromatic rings. The molecule has 0 aromatic carbocycles. The van der Waals surface area contributed by atoms with E-state index in [0.717, 1.165) is 48.8 Å². The Morgan fingerprint density at radius 3 is 2.56 bits per heavy atom.